The third-order valence-electron chi connectivity index (χ3n) is 7.13. The Bertz CT molecular complexity index is 1720. The van der Waals surface area contributed by atoms with Crippen molar-refractivity contribution in [2.45, 2.75) is 25.7 Å². The smallest absolute Gasteiger partial charge is 0.281 e. The minimum absolute atomic E-state index is 0.208. The van der Waals surface area contributed by atoms with Crippen LogP contribution in [0, 0.1) is 12.7 Å². The molecule has 1 aliphatic rings. The highest BCUT2D eigenvalue weighted by Crippen LogP contribution is 2.34. The molecule has 0 unspecified atom stereocenters. The Balaban J connectivity index is 1.40. The van der Waals surface area contributed by atoms with E-state index in [1.165, 1.54) is 16.9 Å². The van der Waals surface area contributed by atoms with Gasteiger partial charge in [0, 0.05) is 24.3 Å². The van der Waals surface area contributed by atoms with Crippen LogP contribution in [-0.2, 0) is 0 Å². The highest BCUT2D eigenvalue weighted by Gasteiger charge is 2.24. The lowest BCUT2D eigenvalue weighted by Gasteiger charge is -2.30. The molecule has 0 spiro atoms. The average Bonchev–Trinajstić information content (AvgIpc) is 3.36. The summed E-state index contributed by atoms with van der Waals surface area (Å²) in [6.07, 6.45) is 6.49. The zero-order valence-corrected chi connectivity index (χ0v) is 22.3. The highest BCUT2D eigenvalue weighted by molar-refractivity contribution is 6.37. The SMILES string of the molecule is Cc1cc(Nc2ncc3c(=O)n(-c4c(Cl)cccc4Cl)n4ccnc4c3n2)cc(F)c1C1CCN(C)CC1. The van der Waals surface area contributed by atoms with Crippen LogP contribution in [0.5, 0.6) is 0 Å². The summed E-state index contributed by atoms with van der Waals surface area (Å²) in [5.41, 5.74) is 2.89. The van der Waals surface area contributed by atoms with Gasteiger partial charge >= 0.3 is 0 Å². The standard InChI is InChI=1S/C27H24Cl2FN7O/c1-15-12-17(13-21(30)22(15)16-6-9-35(2)10-7-16)33-27-32-14-18-23(34-27)25-31-8-11-36(25)37(26(18)38)24-19(28)4-3-5-20(24)29/h3-5,8,11-14,16H,6-7,9-10H2,1-2H3,(H,32,33,34). The van der Waals surface area contributed by atoms with Crippen molar-refractivity contribution >= 4 is 51.4 Å². The van der Waals surface area contributed by atoms with Gasteiger partial charge in [0.15, 0.2) is 5.65 Å². The molecular weight excluding hydrogens is 528 g/mol. The summed E-state index contributed by atoms with van der Waals surface area (Å²) in [7, 11) is 2.09. The van der Waals surface area contributed by atoms with Crippen LogP contribution in [0.15, 0.2) is 53.7 Å². The number of rotatable bonds is 4. The van der Waals surface area contributed by atoms with Crippen molar-refractivity contribution in [3.05, 3.63) is 86.3 Å². The number of halogens is 3. The monoisotopic (exact) mass is 551 g/mol. The number of imidazole rings is 1. The first-order chi connectivity index (χ1) is 18.3. The summed E-state index contributed by atoms with van der Waals surface area (Å²) >= 11 is 12.8. The first kappa shape index (κ1) is 24.8. The van der Waals surface area contributed by atoms with Crippen molar-refractivity contribution in [2.24, 2.45) is 0 Å². The number of nitrogens with one attached hydrogen (secondary N) is 1. The van der Waals surface area contributed by atoms with Crippen LogP contribution in [0.3, 0.4) is 0 Å². The zero-order valence-electron chi connectivity index (χ0n) is 20.8. The van der Waals surface area contributed by atoms with E-state index in [4.69, 9.17) is 23.2 Å². The molecule has 1 fully saturated rings. The topological polar surface area (TPSA) is 80.3 Å². The molecule has 194 valence electrons. The molecule has 6 rings (SSSR count). The molecule has 1 aliphatic heterocycles. The average molecular weight is 552 g/mol. The minimum atomic E-state index is -0.406. The summed E-state index contributed by atoms with van der Waals surface area (Å²) < 4.78 is 18.2. The van der Waals surface area contributed by atoms with Gasteiger partial charge in [-0.25, -0.2) is 28.5 Å². The van der Waals surface area contributed by atoms with Crippen molar-refractivity contribution in [2.75, 3.05) is 25.5 Å². The third kappa shape index (κ3) is 4.20. The number of fused-ring (bicyclic) bond motifs is 3. The van der Waals surface area contributed by atoms with E-state index in [9.17, 15) is 4.79 Å². The van der Waals surface area contributed by atoms with E-state index < -0.39 is 5.56 Å². The molecule has 0 radical (unpaired) electrons. The molecule has 0 saturated carbocycles. The van der Waals surface area contributed by atoms with Gasteiger partial charge in [-0.15, -0.1) is 0 Å². The van der Waals surface area contributed by atoms with Crippen molar-refractivity contribution in [1.82, 2.24) is 29.0 Å². The maximum atomic E-state index is 15.3. The zero-order chi connectivity index (χ0) is 26.6. The van der Waals surface area contributed by atoms with E-state index in [1.54, 1.807) is 35.1 Å². The van der Waals surface area contributed by atoms with E-state index in [1.807, 2.05) is 13.0 Å². The van der Waals surface area contributed by atoms with Crippen LogP contribution in [0.2, 0.25) is 10.0 Å². The number of para-hydroxylation sites is 1. The molecule has 1 N–H and O–H groups in total. The van der Waals surface area contributed by atoms with Gasteiger partial charge in [0.2, 0.25) is 5.95 Å². The van der Waals surface area contributed by atoms with Crippen molar-refractivity contribution in [1.29, 1.82) is 0 Å². The summed E-state index contributed by atoms with van der Waals surface area (Å²) in [5.74, 6) is 0.193. The van der Waals surface area contributed by atoms with Crippen molar-refractivity contribution < 1.29 is 4.39 Å². The molecule has 0 aliphatic carbocycles. The second kappa shape index (κ2) is 9.65. The van der Waals surface area contributed by atoms with E-state index in [0.29, 0.717) is 32.6 Å². The number of piperidine rings is 1. The predicted octanol–water partition coefficient (Wildman–Crippen LogP) is 5.74. The van der Waals surface area contributed by atoms with Gasteiger partial charge in [-0.1, -0.05) is 29.3 Å². The van der Waals surface area contributed by atoms with Crippen LogP contribution in [0.1, 0.15) is 29.9 Å². The van der Waals surface area contributed by atoms with Crippen LogP contribution in [0.25, 0.3) is 22.2 Å². The summed E-state index contributed by atoms with van der Waals surface area (Å²) in [4.78, 5) is 29.2. The molecule has 2 aromatic carbocycles. The van der Waals surface area contributed by atoms with Crippen LogP contribution in [-0.4, -0.2) is 49.2 Å². The number of aromatic nitrogens is 5. The lowest BCUT2D eigenvalue weighted by Crippen LogP contribution is -2.29. The molecule has 11 heteroatoms. The van der Waals surface area contributed by atoms with Gasteiger partial charge in [0.05, 0.1) is 15.4 Å². The predicted molar refractivity (Wildman–Crippen MR) is 148 cm³/mol. The van der Waals surface area contributed by atoms with Gasteiger partial charge in [-0.05, 0) is 81.2 Å². The normalized spacial score (nSPS) is 15.0. The molecule has 0 atom stereocenters. The van der Waals surface area contributed by atoms with Gasteiger partial charge < -0.3 is 10.2 Å². The molecule has 0 bridgehead atoms. The lowest BCUT2D eigenvalue weighted by atomic mass is 9.86. The van der Waals surface area contributed by atoms with Crippen molar-refractivity contribution in [3.63, 3.8) is 0 Å². The Morgan fingerprint density at radius 3 is 2.55 bits per heavy atom. The summed E-state index contributed by atoms with van der Waals surface area (Å²) in [6.45, 7) is 3.85. The Kier molecular flexibility index (Phi) is 6.29. The fraction of sp³-hybridized carbons (Fsp3) is 0.259. The Morgan fingerprint density at radius 2 is 1.84 bits per heavy atom. The lowest BCUT2D eigenvalue weighted by molar-refractivity contribution is 0.252. The second-order valence-electron chi connectivity index (χ2n) is 9.63. The maximum Gasteiger partial charge on any atom is 0.281 e. The number of likely N-dealkylation sites (tertiary alicyclic amines) is 1. The number of nitrogens with zero attached hydrogens (tertiary/aromatic N) is 6. The molecule has 0 amide bonds. The van der Waals surface area contributed by atoms with Gasteiger partial charge in [0.25, 0.3) is 5.56 Å². The van der Waals surface area contributed by atoms with Gasteiger partial charge in [0.1, 0.15) is 17.0 Å². The summed E-state index contributed by atoms with van der Waals surface area (Å²) in [5, 5.41) is 3.97. The molecular formula is C27H24Cl2FN7O. The molecule has 3 aromatic heterocycles. The molecule has 5 aromatic rings. The quantitative estimate of drug-likeness (QED) is 0.307. The van der Waals surface area contributed by atoms with Crippen LogP contribution >= 0.6 is 23.2 Å². The fourth-order valence-corrected chi connectivity index (χ4v) is 5.84. The fourth-order valence-electron chi connectivity index (χ4n) is 5.28. The molecule has 38 heavy (non-hydrogen) atoms. The van der Waals surface area contributed by atoms with Crippen molar-refractivity contribution in [3.8, 4) is 5.69 Å². The number of benzene rings is 2. The highest BCUT2D eigenvalue weighted by atomic mass is 35.5. The third-order valence-corrected chi connectivity index (χ3v) is 7.74. The number of anilines is 2. The Labute approximate surface area is 227 Å². The van der Waals surface area contributed by atoms with Gasteiger partial charge in [-0.2, -0.15) is 0 Å². The van der Waals surface area contributed by atoms with Crippen LogP contribution in [0.4, 0.5) is 16.0 Å². The van der Waals surface area contributed by atoms with Crippen LogP contribution < -0.4 is 10.9 Å². The maximum absolute atomic E-state index is 15.3. The summed E-state index contributed by atoms with van der Waals surface area (Å²) in [6, 6.07) is 8.41. The van der Waals surface area contributed by atoms with E-state index in [-0.39, 0.29) is 23.1 Å². The number of hydrogen-bond donors (Lipinski definition) is 1. The Morgan fingerprint density at radius 1 is 1.11 bits per heavy atom. The minimum Gasteiger partial charge on any atom is -0.324 e. The van der Waals surface area contributed by atoms with Gasteiger partial charge in [-0.3, -0.25) is 4.79 Å². The van der Waals surface area contributed by atoms with E-state index in [0.717, 1.165) is 37.1 Å². The molecule has 4 heterocycles. The first-order valence-corrected chi connectivity index (χ1v) is 13.0. The Hall–Kier alpha value is -3.53. The van der Waals surface area contributed by atoms with E-state index in [2.05, 4.69) is 32.2 Å². The largest absolute Gasteiger partial charge is 0.324 e. The second-order valence-corrected chi connectivity index (χ2v) is 10.4. The number of aryl methyl sites for hydroxylation is 1. The first-order valence-electron chi connectivity index (χ1n) is 12.3. The molecule has 8 nitrogen and oxygen atoms in total. The molecule has 1 saturated heterocycles. The van der Waals surface area contributed by atoms with E-state index >= 15 is 4.39 Å². The number of hydrogen-bond acceptors (Lipinski definition) is 6.